The molecule has 0 saturated heterocycles. The molecule has 0 fully saturated rings. The molecule has 1 N–H and O–H groups in total. The summed E-state index contributed by atoms with van der Waals surface area (Å²) in [5.41, 5.74) is 0. The fourth-order valence-electron chi connectivity index (χ4n) is 1.40. The fraction of sp³-hybridized carbons (Fsp3) is 1.00. The largest absolute Gasteiger partial charge is 1.00 e. The van der Waals surface area contributed by atoms with E-state index < -0.39 is 10.4 Å². The van der Waals surface area contributed by atoms with E-state index in [1.165, 1.54) is 32.1 Å². The van der Waals surface area contributed by atoms with E-state index in [0.717, 1.165) is 12.8 Å². The van der Waals surface area contributed by atoms with E-state index in [1.54, 1.807) is 0 Å². The van der Waals surface area contributed by atoms with Gasteiger partial charge in [-0.1, -0.05) is 51.9 Å². The summed E-state index contributed by atoms with van der Waals surface area (Å²) < 4.78 is 32.8. The average Bonchev–Trinajstić information content (AvgIpc) is 2.14. The quantitative estimate of drug-likeness (QED) is 0.344. The second-order valence-corrected chi connectivity index (χ2v) is 4.82. The summed E-state index contributed by atoms with van der Waals surface area (Å²) in [7, 11) is -4.23. The Balaban J connectivity index is -0.000000980. The van der Waals surface area contributed by atoms with E-state index in [1.807, 2.05) is 0 Å². The molecule has 0 aromatic carbocycles. The Kier molecular flexibility index (Phi) is 14.8. The first-order valence-electron chi connectivity index (χ1n) is 5.68. The van der Waals surface area contributed by atoms with Crippen molar-refractivity contribution in [2.24, 2.45) is 0 Å². The van der Waals surface area contributed by atoms with E-state index >= 15 is 0 Å². The molecule has 0 spiro atoms. The molecule has 6 heteroatoms. The van der Waals surface area contributed by atoms with Crippen LogP contribution in [0.4, 0.5) is 0 Å². The van der Waals surface area contributed by atoms with Gasteiger partial charge in [0.1, 0.15) is 0 Å². The van der Waals surface area contributed by atoms with Crippen molar-refractivity contribution in [3.63, 3.8) is 0 Å². The van der Waals surface area contributed by atoms with Gasteiger partial charge in [-0.05, 0) is 6.42 Å². The van der Waals surface area contributed by atoms with Crippen LogP contribution >= 0.6 is 0 Å². The fourth-order valence-corrected chi connectivity index (χ4v) is 1.73. The molecule has 4 nitrogen and oxygen atoms in total. The van der Waals surface area contributed by atoms with Gasteiger partial charge >= 0.3 is 40.0 Å². The second-order valence-electron chi connectivity index (χ2n) is 3.72. The Hall–Kier alpha value is 0.870. The van der Waals surface area contributed by atoms with Gasteiger partial charge in [0.15, 0.2) is 0 Å². The van der Waals surface area contributed by atoms with Crippen molar-refractivity contribution in [3.05, 3.63) is 0 Å². The molecule has 16 heavy (non-hydrogen) atoms. The molecule has 0 aliphatic carbocycles. The maximum atomic E-state index is 10.2. The van der Waals surface area contributed by atoms with Gasteiger partial charge in [0, 0.05) is 0 Å². The van der Waals surface area contributed by atoms with Gasteiger partial charge in [-0.2, -0.15) is 8.42 Å². The minimum Gasteiger partial charge on any atom is -1.00 e. The molecule has 0 aromatic heterocycles. The molecule has 94 valence electrons. The predicted octanol–water partition coefficient (Wildman–Crippen LogP) is 0.0630. The monoisotopic (exact) mass is 262 g/mol. The third-order valence-electron chi connectivity index (χ3n) is 2.23. The van der Waals surface area contributed by atoms with Crippen LogP contribution in [0.1, 0.15) is 59.7 Å². The molecule has 0 atom stereocenters. The smallest absolute Gasteiger partial charge is 1.00 e. The summed E-state index contributed by atoms with van der Waals surface area (Å²) in [4.78, 5) is 0. The minimum atomic E-state index is -4.23. The Morgan fingerprint density at radius 3 is 1.88 bits per heavy atom. The van der Waals surface area contributed by atoms with Crippen LogP contribution in [0.15, 0.2) is 0 Å². The van der Waals surface area contributed by atoms with Gasteiger partial charge in [-0.3, -0.25) is 4.55 Å². The zero-order valence-corrected chi connectivity index (χ0v) is 13.3. The number of unbranched alkanes of at least 4 members (excludes halogenated alkanes) is 7. The van der Waals surface area contributed by atoms with Gasteiger partial charge in [0.25, 0.3) is 0 Å². The van der Waals surface area contributed by atoms with Gasteiger partial charge in [0.2, 0.25) is 0 Å². The van der Waals surface area contributed by atoms with E-state index in [2.05, 4.69) is 11.1 Å². The van der Waals surface area contributed by atoms with Crippen molar-refractivity contribution < 1.29 is 48.1 Å². The summed E-state index contributed by atoms with van der Waals surface area (Å²) in [5.74, 6) is 0. The minimum absolute atomic E-state index is 0. The predicted molar refractivity (Wildman–Crippen MR) is 61.2 cm³/mol. The molecule has 0 saturated carbocycles. The summed E-state index contributed by atoms with van der Waals surface area (Å²) in [6.07, 6.45) is 9.05. The molecule has 0 aromatic rings. The molecule has 0 aliphatic heterocycles. The standard InChI is InChI=1S/C10H22O4S.Na.H/c1-2-3-4-5-6-7-8-9-10-14-15(11,12)13;;/h2-10H2,1H3,(H,11,12,13);;/q;+1;-1. The Morgan fingerprint density at radius 1 is 1.00 bits per heavy atom. The van der Waals surface area contributed by atoms with Gasteiger partial charge < -0.3 is 1.43 Å². The van der Waals surface area contributed by atoms with Crippen molar-refractivity contribution in [3.8, 4) is 0 Å². The van der Waals surface area contributed by atoms with Crippen molar-refractivity contribution >= 4 is 10.4 Å². The van der Waals surface area contributed by atoms with Crippen LogP contribution in [-0.4, -0.2) is 19.6 Å². The van der Waals surface area contributed by atoms with Crippen LogP contribution in [0.2, 0.25) is 0 Å². The first-order chi connectivity index (χ1) is 7.06. The van der Waals surface area contributed by atoms with Crippen LogP contribution in [0.5, 0.6) is 0 Å². The number of rotatable bonds is 10. The van der Waals surface area contributed by atoms with Gasteiger partial charge in [-0.25, -0.2) is 4.18 Å². The molecule has 0 bridgehead atoms. The Morgan fingerprint density at radius 2 is 1.44 bits per heavy atom. The van der Waals surface area contributed by atoms with Gasteiger partial charge in [-0.15, -0.1) is 0 Å². The second kappa shape index (κ2) is 12.3. The van der Waals surface area contributed by atoms with Crippen molar-refractivity contribution in [2.45, 2.75) is 58.3 Å². The Bertz CT molecular complexity index is 234. The molecular weight excluding hydrogens is 239 g/mol. The van der Waals surface area contributed by atoms with Crippen molar-refractivity contribution in [2.75, 3.05) is 6.61 Å². The average molecular weight is 262 g/mol. The third-order valence-corrected chi connectivity index (χ3v) is 2.69. The van der Waals surface area contributed by atoms with E-state index in [0.29, 0.717) is 6.42 Å². The van der Waals surface area contributed by atoms with E-state index in [9.17, 15) is 8.42 Å². The van der Waals surface area contributed by atoms with E-state index in [-0.39, 0.29) is 37.6 Å². The van der Waals surface area contributed by atoms with Crippen molar-refractivity contribution in [1.82, 2.24) is 0 Å². The Labute approximate surface area is 123 Å². The zero-order chi connectivity index (χ0) is 11.6. The third kappa shape index (κ3) is 17.3. The van der Waals surface area contributed by atoms with Crippen LogP contribution in [0.25, 0.3) is 0 Å². The summed E-state index contributed by atoms with van der Waals surface area (Å²) in [6, 6.07) is 0. The maximum Gasteiger partial charge on any atom is 1.00 e. The zero-order valence-electron chi connectivity index (χ0n) is 11.4. The molecule has 0 amide bonds. The van der Waals surface area contributed by atoms with Crippen LogP contribution in [0, 0.1) is 0 Å². The maximum absolute atomic E-state index is 10.2. The van der Waals surface area contributed by atoms with Gasteiger partial charge in [0.05, 0.1) is 6.61 Å². The number of hydrogen-bond donors (Lipinski definition) is 1. The first kappa shape index (κ1) is 19.2. The summed E-state index contributed by atoms with van der Waals surface area (Å²) in [5, 5.41) is 0. The van der Waals surface area contributed by atoms with Crippen LogP contribution < -0.4 is 29.6 Å². The molecule has 0 radical (unpaired) electrons. The first-order valence-corrected chi connectivity index (χ1v) is 7.04. The van der Waals surface area contributed by atoms with E-state index in [4.69, 9.17) is 4.55 Å². The van der Waals surface area contributed by atoms with Crippen LogP contribution in [-0.2, 0) is 14.6 Å². The molecule has 0 rings (SSSR count). The summed E-state index contributed by atoms with van der Waals surface area (Å²) >= 11 is 0. The SMILES string of the molecule is CCCCCCCCCCOS(=O)(=O)O.[H-].[Na+]. The molecular formula is C10H23NaO4S. The molecule has 0 aliphatic rings. The topological polar surface area (TPSA) is 63.6 Å². The summed E-state index contributed by atoms with van der Waals surface area (Å²) in [6.45, 7) is 2.28. The normalized spacial score (nSPS) is 11.1. The van der Waals surface area contributed by atoms with Crippen molar-refractivity contribution in [1.29, 1.82) is 0 Å². The molecule has 0 heterocycles. The van der Waals surface area contributed by atoms with Crippen LogP contribution in [0.3, 0.4) is 0 Å². The number of hydrogen-bond acceptors (Lipinski definition) is 3. The molecule has 0 unspecified atom stereocenters.